The molecule has 30 heavy (non-hydrogen) atoms. The summed E-state index contributed by atoms with van der Waals surface area (Å²) in [4.78, 5) is 10.8. The van der Waals surface area contributed by atoms with E-state index in [1.807, 2.05) is 28.9 Å². The molecule has 9 nitrogen and oxygen atoms in total. The Bertz CT molecular complexity index is 973. The molecule has 2 aromatic heterocycles. The van der Waals surface area contributed by atoms with E-state index in [1.54, 1.807) is 7.11 Å². The minimum absolute atomic E-state index is 0.0337. The molecule has 0 aliphatic heterocycles. The second-order valence-corrected chi connectivity index (χ2v) is 7.21. The number of nitrogen functional groups attached to an aromatic ring is 1. The average Bonchev–Trinajstić information content (AvgIpc) is 3.14. The molecule has 3 rings (SSSR count). The van der Waals surface area contributed by atoms with Gasteiger partial charge in [0.05, 0.1) is 26.5 Å². The second kappa shape index (κ2) is 10.2. The molecule has 0 aliphatic carbocycles. The van der Waals surface area contributed by atoms with E-state index in [9.17, 15) is 5.11 Å². The number of methoxy groups -OCH3 is 1. The normalized spacial score (nSPS) is 11.2. The van der Waals surface area contributed by atoms with Crippen LogP contribution in [0, 0.1) is 0 Å². The van der Waals surface area contributed by atoms with E-state index in [1.165, 1.54) is 0 Å². The van der Waals surface area contributed by atoms with Crippen LogP contribution < -0.4 is 20.7 Å². The Hall–Kier alpha value is -2.91. The number of aromatic nitrogens is 4. The van der Waals surface area contributed by atoms with Crippen LogP contribution in [0.25, 0.3) is 11.0 Å². The van der Waals surface area contributed by atoms with Crippen molar-refractivity contribution in [1.29, 1.82) is 0 Å². The fraction of sp³-hybridized carbons (Fsp3) is 0.476. The molecule has 0 spiro atoms. The third kappa shape index (κ3) is 4.98. The lowest BCUT2D eigenvalue weighted by Crippen LogP contribution is -2.29. The lowest BCUT2D eigenvalue weighted by atomic mass is 10.1. The Morgan fingerprint density at radius 1 is 1.27 bits per heavy atom. The molecule has 4 N–H and O–H groups in total. The SMILES string of the molecule is CCCCN(CCO)c1nc(N)nc2cn(Cc3ccc(CNC)cc3OC)nc12. The maximum absolute atomic E-state index is 9.50. The molecular weight excluding hydrogens is 382 g/mol. The zero-order valence-corrected chi connectivity index (χ0v) is 17.9. The van der Waals surface area contributed by atoms with Gasteiger partial charge in [-0.25, -0.2) is 4.98 Å². The van der Waals surface area contributed by atoms with E-state index in [0.29, 0.717) is 29.9 Å². The van der Waals surface area contributed by atoms with Gasteiger partial charge in [-0.2, -0.15) is 10.1 Å². The first-order valence-corrected chi connectivity index (χ1v) is 10.3. The van der Waals surface area contributed by atoms with Crippen molar-refractivity contribution in [3.05, 3.63) is 35.5 Å². The van der Waals surface area contributed by atoms with Gasteiger partial charge in [-0.3, -0.25) is 4.68 Å². The molecule has 0 saturated carbocycles. The van der Waals surface area contributed by atoms with Crippen LogP contribution in [0.4, 0.5) is 11.8 Å². The topological polar surface area (TPSA) is 114 Å². The van der Waals surface area contributed by atoms with Gasteiger partial charge in [0.25, 0.3) is 0 Å². The average molecular weight is 414 g/mol. The van der Waals surface area contributed by atoms with Crippen molar-refractivity contribution in [1.82, 2.24) is 25.1 Å². The van der Waals surface area contributed by atoms with Crippen LogP contribution in [-0.2, 0) is 13.1 Å². The summed E-state index contributed by atoms with van der Waals surface area (Å²) in [5.74, 6) is 1.68. The molecule has 162 valence electrons. The van der Waals surface area contributed by atoms with Gasteiger partial charge in [-0.05, 0) is 25.1 Å². The summed E-state index contributed by atoms with van der Waals surface area (Å²) in [5, 5.41) is 17.4. The number of aliphatic hydroxyl groups is 1. The number of hydrogen-bond acceptors (Lipinski definition) is 8. The maximum Gasteiger partial charge on any atom is 0.222 e. The van der Waals surface area contributed by atoms with Crippen molar-refractivity contribution in [3.8, 4) is 5.75 Å². The third-order valence-electron chi connectivity index (χ3n) is 4.93. The highest BCUT2D eigenvalue weighted by molar-refractivity contribution is 5.86. The fourth-order valence-corrected chi connectivity index (χ4v) is 3.46. The zero-order valence-electron chi connectivity index (χ0n) is 17.9. The first-order valence-electron chi connectivity index (χ1n) is 10.3. The van der Waals surface area contributed by atoms with Crippen molar-refractivity contribution in [2.24, 2.45) is 0 Å². The van der Waals surface area contributed by atoms with Crippen LogP contribution in [0.3, 0.4) is 0 Å². The summed E-state index contributed by atoms with van der Waals surface area (Å²) in [6.45, 7) is 4.72. The molecular formula is C21H31N7O2. The van der Waals surface area contributed by atoms with E-state index in [0.717, 1.165) is 42.8 Å². The van der Waals surface area contributed by atoms with E-state index < -0.39 is 0 Å². The predicted octanol–water partition coefficient (Wildman–Crippen LogP) is 1.78. The number of rotatable bonds is 11. The molecule has 0 fully saturated rings. The summed E-state index contributed by atoms with van der Waals surface area (Å²) >= 11 is 0. The molecule has 0 radical (unpaired) electrons. The number of unbranched alkanes of at least 4 members (excludes halogenated alkanes) is 1. The van der Waals surface area contributed by atoms with Gasteiger partial charge in [-0.1, -0.05) is 25.5 Å². The number of nitrogens with zero attached hydrogens (tertiary/aromatic N) is 5. The van der Waals surface area contributed by atoms with Crippen molar-refractivity contribution in [2.45, 2.75) is 32.9 Å². The van der Waals surface area contributed by atoms with Gasteiger partial charge in [0.2, 0.25) is 5.95 Å². The van der Waals surface area contributed by atoms with Crippen LogP contribution in [-0.4, -0.2) is 58.7 Å². The van der Waals surface area contributed by atoms with E-state index in [-0.39, 0.29) is 12.6 Å². The van der Waals surface area contributed by atoms with Gasteiger partial charge in [0.15, 0.2) is 11.3 Å². The van der Waals surface area contributed by atoms with Crippen molar-refractivity contribution >= 4 is 22.8 Å². The molecule has 0 aliphatic rings. The Morgan fingerprint density at radius 2 is 2.10 bits per heavy atom. The summed E-state index contributed by atoms with van der Waals surface area (Å²) < 4.78 is 7.41. The standard InChI is InChI=1S/C21H31N7O2/c1-4-5-8-27(9-10-29)20-19-17(24-21(22)25-20)14-28(26-19)13-16-7-6-15(12-23-2)11-18(16)30-3/h6-7,11,14,23,29H,4-5,8-10,12-13H2,1-3H3,(H2,22,24). The number of nitrogens with two attached hydrogens (primary N) is 1. The fourth-order valence-electron chi connectivity index (χ4n) is 3.46. The Morgan fingerprint density at radius 3 is 2.80 bits per heavy atom. The number of aliphatic hydroxyl groups excluding tert-OH is 1. The molecule has 0 unspecified atom stereocenters. The number of nitrogens with one attached hydrogen (secondary N) is 1. The van der Waals surface area contributed by atoms with Crippen LogP contribution in [0.15, 0.2) is 24.4 Å². The Labute approximate surface area is 176 Å². The summed E-state index contributed by atoms with van der Waals surface area (Å²) in [7, 11) is 3.59. The molecule has 3 aromatic rings. The zero-order chi connectivity index (χ0) is 21.5. The first-order chi connectivity index (χ1) is 14.6. The number of benzene rings is 1. The molecule has 0 bridgehead atoms. The van der Waals surface area contributed by atoms with Crippen molar-refractivity contribution < 1.29 is 9.84 Å². The lowest BCUT2D eigenvalue weighted by molar-refractivity contribution is 0.301. The molecule has 9 heteroatoms. The van der Waals surface area contributed by atoms with Gasteiger partial charge >= 0.3 is 0 Å². The monoisotopic (exact) mass is 413 g/mol. The number of fused-ring (bicyclic) bond motifs is 1. The quantitative estimate of drug-likeness (QED) is 0.436. The van der Waals surface area contributed by atoms with Gasteiger partial charge in [-0.15, -0.1) is 0 Å². The summed E-state index contributed by atoms with van der Waals surface area (Å²) in [6, 6.07) is 6.17. The number of ether oxygens (including phenoxy) is 1. The van der Waals surface area contributed by atoms with Gasteiger partial charge < -0.3 is 25.8 Å². The van der Waals surface area contributed by atoms with Crippen LogP contribution >= 0.6 is 0 Å². The Balaban J connectivity index is 1.95. The van der Waals surface area contributed by atoms with E-state index in [4.69, 9.17) is 15.6 Å². The van der Waals surface area contributed by atoms with Gasteiger partial charge in [0.1, 0.15) is 11.3 Å². The Kier molecular flexibility index (Phi) is 7.42. The van der Waals surface area contributed by atoms with Crippen LogP contribution in [0.1, 0.15) is 30.9 Å². The van der Waals surface area contributed by atoms with Crippen LogP contribution in [0.5, 0.6) is 5.75 Å². The molecule has 0 atom stereocenters. The third-order valence-corrected chi connectivity index (χ3v) is 4.93. The molecule has 0 saturated heterocycles. The second-order valence-electron chi connectivity index (χ2n) is 7.21. The lowest BCUT2D eigenvalue weighted by Gasteiger charge is -2.22. The maximum atomic E-state index is 9.50. The number of anilines is 2. The highest BCUT2D eigenvalue weighted by atomic mass is 16.5. The minimum Gasteiger partial charge on any atom is -0.496 e. The minimum atomic E-state index is 0.0337. The summed E-state index contributed by atoms with van der Waals surface area (Å²) in [6.07, 6.45) is 3.90. The molecule has 2 heterocycles. The van der Waals surface area contributed by atoms with Crippen molar-refractivity contribution in [2.75, 3.05) is 44.5 Å². The van der Waals surface area contributed by atoms with Crippen molar-refractivity contribution in [3.63, 3.8) is 0 Å². The molecule has 0 amide bonds. The van der Waals surface area contributed by atoms with Crippen LogP contribution in [0.2, 0.25) is 0 Å². The first kappa shape index (κ1) is 21.8. The predicted molar refractivity (Wildman–Crippen MR) is 119 cm³/mol. The molecule has 1 aromatic carbocycles. The highest BCUT2D eigenvalue weighted by Crippen LogP contribution is 2.26. The van der Waals surface area contributed by atoms with E-state index in [2.05, 4.69) is 34.3 Å². The van der Waals surface area contributed by atoms with E-state index >= 15 is 0 Å². The van der Waals surface area contributed by atoms with Gasteiger partial charge in [0, 0.05) is 25.2 Å². The smallest absolute Gasteiger partial charge is 0.222 e. The summed E-state index contributed by atoms with van der Waals surface area (Å²) in [5.41, 5.74) is 9.50. The highest BCUT2D eigenvalue weighted by Gasteiger charge is 2.17. The largest absolute Gasteiger partial charge is 0.496 e. The number of hydrogen-bond donors (Lipinski definition) is 3.